The van der Waals surface area contributed by atoms with Crippen LogP contribution >= 0.6 is 0 Å². The molecule has 56 valence electrons. The Hall–Kier alpha value is -0.665. The minimum atomic E-state index is -0.477. The Kier molecular flexibility index (Phi) is 3.26. The number of hydrogen-bond donors (Lipinski definition) is 1. The molecule has 0 unspecified atom stereocenters. The van der Waals surface area contributed by atoms with Gasteiger partial charge in [0, 0.05) is 0 Å². The Morgan fingerprint density at radius 3 is 2.40 bits per heavy atom. The van der Waals surface area contributed by atoms with Crippen LogP contribution in [0.15, 0.2) is 0 Å². The third-order valence-electron chi connectivity index (χ3n) is 0.645. The third-order valence-corrected chi connectivity index (χ3v) is 0.645. The van der Waals surface area contributed by atoms with Crippen molar-refractivity contribution < 1.29 is 9.53 Å². The highest BCUT2D eigenvalue weighted by Crippen LogP contribution is 2.05. The molecule has 0 saturated heterocycles. The third kappa shape index (κ3) is 5.47. The first-order valence-electron chi connectivity index (χ1n) is 3.12. The lowest BCUT2D eigenvalue weighted by molar-refractivity contribution is 0.0537. The minimum absolute atomic E-state index is 0.106. The Morgan fingerprint density at radius 1 is 1.60 bits per heavy atom. The fourth-order valence-corrected chi connectivity index (χ4v) is 0.398. The van der Waals surface area contributed by atoms with Crippen molar-refractivity contribution in [2.75, 3.05) is 6.44 Å². The summed E-state index contributed by atoms with van der Waals surface area (Å²) in [5, 5.41) is 2.32. The van der Waals surface area contributed by atoms with Crippen molar-refractivity contribution >= 4 is 13.9 Å². The van der Waals surface area contributed by atoms with Crippen molar-refractivity contribution in [3.63, 3.8) is 0 Å². The maximum atomic E-state index is 10.6. The molecule has 0 bridgehead atoms. The monoisotopic (exact) mass is 141 g/mol. The number of nitrogens with one attached hydrogen (secondary N) is 1. The second-order valence-corrected chi connectivity index (χ2v) is 2.88. The molecule has 3 nitrogen and oxygen atoms in total. The maximum Gasteiger partial charge on any atom is 0.406 e. The topological polar surface area (TPSA) is 38.3 Å². The van der Waals surface area contributed by atoms with Gasteiger partial charge < -0.3 is 10.1 Å². The number of rotatable bonds is 1. The molecule has 4 heteroatoms. The van der Waals surface area contributed by atoms with Gasteiger partial charge in [0.1, 0.15) is 5.60 Å². The molecule has 0 aliphatic heterocycles. The summed E-state index contributed by atoms with van der Waals surface area (Å²) < 4.78 is 4.85. The zero-order chi connectivity index (χ0) is 8.20. The van der Waals surface area contributed by atoms with Crippen LogP contribution in [-0.2, 0) is 4.74 Å². The van der Waals surface area contributed by atoms with Crippen LogP contribution in [0.4, 0.5) is 4.79 Å². The normalized spacial score (nSPS) is 10.7. The number of amides is 1. The predicted octanol–water partition coefficient (Wildman–Crippen LogP) is 0.637. The quantitative estimate of drug-likeness (QED) is 0.544. The molecule has 0 aliphatic rings. The van der Waals surface area contributed by atoms with E-state index in [9.17, 15) is 4.79 Å². The van der Waals surface area contributed by atoms with E-state index in [2.05, 4.69) is 5.32 Å². The molecule has 1 amide bonds. The minimum Gasteiger partial charge on any atom is -0.444 e. The fourth-order valence-electron chi connectivity index (χ4n) is 0.398. The molecular weight excluding hydrogens is 129 g/mol. The van der Waals surface area contributed by atoms with Gasteiger partial charge in [-0.15, -0.1) is 0 Å². The first-order valence-corrected chi connectivity index (χ1v) is 3.12. The average molecular weight is 141 g/mol. The lowest BCUT2D eigenvalue weighted by Gasteiger charge is -2.19. The molecular formula is C6H12BNO2. The molecule has 10 heavy (non-hydrogen) atoms. The van der Waals surface area contributed by atoms with E-state index < -0.39 is 11.7 Å². The molecule has 0 fully saturated rings. The number of alkyl carbamates (subject to hydrolysis) is 1. The smallest absolute Gasteiger partial charge is 0.406 e. The summed E-state index contributed by atoms with van der Waals surface area (Å²) in [6.07, 6.45) is -0.371. The SMILES string of the molecule is [B]CNC(=O)OC(C)(C)C. The molecule has 0 aliphatic carbocycles. The second kappa shape index (κ2) is 3.49. The molecule has 1 N–H and O–H groups in total. The predicted molar refractivity (Wildman–Crippen MR) is 40.0 cm³/mol. The maximum absolute atomic E-state index is 10.6. The highest BCUT2D eigenvalue weighted by molar-refractivity contribution is 6.09. The van der Waals surface area contributed by atoms with Crippen LogP contribution in [0.2, 0.25) is 0 Å². The summed E-state index contributed by atoms with van der Waals surface area (Å²) in [6.45, 7) is 5.38. The van der Waals surface area contributed by atoms with Crippen LogP contribution in [0, 0.1) is 0 Å². The zero-order valence-electron chi connectivity index (χ0n) is 6.60. The van der Waals surface area contributed by atoms with E-state index in [1.165, 1.54) is 0 Å². The molecule has 0 heterocycles. The van der Waals surface area contributed by atoms with Gasteiger partial charge in [0.15, 0.2) is 0 Å². The van der Waals surface area contributed by atoms with Crippen molar-refractivity contribution in [3.05, 3.63) is 0 Å². The van der Waals surface area contributed by atoms with E-state index in [4.69, 9.17) is 12.6 Å². The Bertz CT molecular complexity index is 119. The van der Waals surface area contributed by atoms with Crippen molar-refractivity contribution in [3.8, 4) is 0 Å². The number of hydrogen-bond acceptors (Lipinski definition) is 2. The standard InChI is InChI=1S/C6H12BNO2/c1-6(2,3)10-5(9)8-4-7/h4H2,1-3H3,(H,8,9). The van der Waals surface area contributed by atoms with Crippen LogP contribution in [0.1, 0.15) is 20.8 Å². The van der Waals surface area contributed by atoms with Crippen molar-refractivity contribution in [1.82, 2.24) is 5.32 Å². The van der Waals surface area contributed by atoms with Gasteiger partial charge in [-0.1, -0.05) is 0 Å². The Morgan fingerprint density at radius 2 is 2.10 bits per heavy atom. The zero-order valence-corrected chi connectivity index (χ0v) is 6.60. The lowest BCUT2D eigenvalue weighted by atomic mass is 10.2. The summed E-state index contributed by atoms with van der Waals surface area (Å²) in [7, 11) is 5.04. The molecule has 0 aromatic carbocycles. The molecule has 0 atom stereocenters. The van der Waals surface area contributed by atoms with Crippen molar-refractivity contribution in [1.29, 1.82) is 0 Å². The number of carbonyl (C=O) groups excluding carboxylic acids is 1. The van der Waals surface area contributed by atoms with E-state index in [-0.39, 0.29) is 6.44 Å². The number of carbonyl (C=O) groups is 1. The highest BCUT2D eigenvalue weighted by Gasteiger charge is 2.14. The molecule has 0 rings (SSSR count). The van der Waals surface area contributed by atoms with Gasteiger partial charge in [0.2, 0.25) is 0 Å². The summed E-state index contributed by atoms with van der Waals surface area (Å²) in [4.78, 5) is 10.6. The summed E-state index contributed by atoms with van der Waals surface area (Å²) in [5.74, 6) is 0. The van der Waals surface area contributed by atoms with Crippen LogP contribution in [-0.4, -0.2) is 26.0 Å². The first kappa shape index (κ1) is 9.33. The van der Waals surface area contributed by atoms with E-state index in [0.717, 1.165) is 0 Å². The number of ether oxygens (including phenoxy) is 1. The fraction of sp³-hybridized carbons (Fsp3) is 0.833. The van der Waals surface area contributed by atoms with Gasteiger partial charge in [-0.2, -0.15) is 0 Å². The van der Waals surface area contributed by atoms with Crippen LogP contribution < -0.4 is 5.32 Å². The van der Waals surface area contributed by atoms with Crippen LogP contribution in [0.25, 0.3) is 0 Å². The summed E-state index contributed by atoms with van der Waals surface area (Å²) in [6, 6.07) is 0. The molecule has 0 spiro atoms. The highest BCUT2D eigenvalue weighted by atomic mass is 16.6. The van der Waals surface area contributed by atoms with E-state index in [0.29, 0.717) is 0 Å². The Balaban J connectivity index is 3.58. The average Bonchev–Trinajstić information content (AvgIpc) is 1.59. The van der Waals surface area contributed by atoms with E-state index in [1.54, 1.807) is 20.8 Å². The summed E-state index contributed by atoms with van der Waals surface area (Å²) >= 11 is 0. The van der Waals surface area contributed by atoms with Gasteiger partial charge in [0.05, 0.1) is 7.85 Å². The van der Waals surface area contributed by atoms with E-state index in [1.807, 2.05) is 0 Å². The van der Waals surface area contributed by atoms with Crippen LogP contribution in [0.5, 0.6) is 0 Å². The van der Waals surface area contributed by atoms with E-state index >= 15 is 0 Å². The van der Waals surface area contributed by atoms with Gasteiger partial charge in [-0.05, 0) is 27.2 Å². The van der Waals surface area contributed by atoms with Gasteiger partial charge in [-0.25, -0.2) is 4.79 Å². The molecule has 0 saturated carbocycles. The summed E-state index contributed by atoms with van der Waals surface area (Å²) in [5.41, 5.74) is -0.445. The lowest BCUT2D eigenvalue weighted by Crippen LogP contribution is -2.33. The molecule has 0 aromatic rings. The molecule has 2 radical (unpaired) electrons. The molecule has 0 aromatic heterocycles. The second-order valence-electron chi connectivity index (χ2n) is 2.88. The van der Waals surface area contributed by atoms with Crippen molar-refractivity contribution in [2.45, 2.75) is 26.4 Å². The van der Waals surface area contributed by atoms with Crippen molar-refractivity contribution in [2.24, 2.45) is 0 Å². The first-order chi connectivity index (χ1) is 4.45. The Labute approximate surface area is 62.5 Å². The van der Waals surface area contributed by atoms with Gasteiger partial charge >= 0.3 is 6.09 Å². The largest absolute Gasteiger partial charge is 0.444 e. The van der Waals surface area contributed by atoms with Gasteiger partial charge in [-0.3, -0.25) is 0 Å². The van der Waals surface area contributed by atoms with Gasteiger partial charge in [0.25, 0.3) is 0 Å². The van der Waals surface area contributed by atoms with Crippen LogP contribution in [0.3, 0.4) is 0 Å².